The molecule has 48 heavy (non-hydrogen) atoms. The first-order chi connectivity index (χ1) is 23.0. The minimum Gasteiger partial charge on any atom is -0.434 e. The number of esters is 2. The first-order valence-electron chi connectivity index (χ1n) is 15.4. The zero-order valence-electron chi connectivity index (χ0n) is 26.9. The molecule has 0 heterocycles. The first kappa shape index (κ1) is 35.3. The van der Waals surface area contributed by atoms with E-state index in [4.69, 9.17) is 20.9 Å². The molecule has 4 unspecified atom stereocenters. The molecule has 248 valence electrons. The van der Waals surface area contributed by atoms with Crippen LogP contribution in [0.3, 0.4) is 0 Å². The normalized spacial score (nSPS) is 14.8. The molecule has 6 N–H and O–H groups in total. The predicted octanol–water partition coefficient (Wildman–Crippen LogP) is 3.75. The zero-order chi connectivity index (χ0) is 34.6. The van der Waals surface area contributed by atoms with Gasteiger partial charge in [0.1, 0.15) is 0 Å². The number of nitrogens with one attached hydrogen (secondary N) is 2. The lowest BCUT2D eigenvalue weighted by Gasteiger charge is -2.32. The predicted molar refractivity (Wildman–Crippen MR) is 181 cm³/mol. The summed E-state index contributed by atoms with van der Waals surface area (Å²) in [7, 11) is 0. The van der Waals surface area contributed by atoms with Crippen LogP contribution < -0.4 is 22.1 Å². The van der Waals surface area contributed by atoms with Crippen molar-refractivity contribution in [2.24, 2.45) is 11.5 Å². The average molecular weight is 649 g/mol. The summed E-state index contributed by atoms with van der Waals surface area (Å²) in [5.74, 6) is -3.62. The van der Waals surface area contributed by atoms with Crippen molar-refractivity contribution in [3.05, 3.63) is 156 Å². The molecule has 4 aromatic carbocycles. The van der Waals surface area contributed by atoms with E-state index in [1.54, 1.807) is 0 Å². The van der Waals surface area contributed by atoms with E-state index in [2.05, 4.69) is 10.6 Å². The number of nitrogens with two attached hydrogens (primary N) is 2. The van der Waals surface area contributed by atoms with Crippen molar-refractivity contribution in [3.8, 4) is 0 Å². The molecule has 4 aromatic rings. The molecule has 0 aliphatic rings. The summed E-state index contributed by atoms with van der Waals surface area (Å²) in [4.78, 5) is 51.0. The molecular formula is C38H40N4O6. The van der Waals surface area contributed by atoms with Gasteiger partial charge in [-0.05, 0) is 48.9 Å². The van der Waals surface area contributed by atoms with Crippen LogP contribution in [0.25, 0.3) is 0 Å². The topological polar surface area (TPSA) is 163 Å². The minimum atomic E-state index is -1.68. The Morgan fingerprint density at radius 2 is 0.854 bits per heavy atom. The molecule has 0 saturated carbocycles. The molecule has 0 aliphatic heterocycles. The molecule has 4 rings (SSSR count). The van der Waals surface area contributed by atoms with E-state index < -0.39 is 47.3 Å². The van der Waals surface area contributed by atoms with Gasteiger partial charge in [-0.25, -0.2) is 9.59 Å². The Morgan fingerprint density at radius 3 is 1.17 bits per heavy atom. The van der Waals surface area contributed by atoms with Gasteiger partial charge < -0.3 is 20.1 Å². The van der Waals surface area contributed by atoms with E-state index in [-0.39, 0.29) is 0 Å². The van der Waals surface area contributed by atoms with Crippen LogP contribution in [0.5, 0.6) is 0 Å². The van der Waals surface area contributed by atoms with Gasteiger partial charge in [0.25, 0.3) is 11.8 Å². The average Bonchev–Trinajstić information content (AvgIpc) is 3.09. The van der Waals surface area contributed by atoms with E-state index in [1.807, 2.05) is 135 Å². The summed E-state index contributed by atoms with van der Waals surface area (Å²) in [5.41, 5.74) is 13.7. The molecule has 10 heteroatoms. The molecule has 4 atom stereocenters. The highest BCUT2D eigenvalue weighted by Crippen LogP contribution is 2.27. The fraction of sp³-hybridized carbons (Fsp3) is 0.211. The van der Waals surface area contributed by atoms with Crippen LogP contribution in [0.2, 0.25) is 0 Å². The Bertz CT molecular complexity index is 1580. The summed E-state index contributed by atoms with van der Waals surface area (Å²) in [6.45, 7) is 3.70. The fourth-order valence-corrected chi connectivity index (χ4v) is 5.32. The Labute approximate surface area is 280 Å². The lowest BCUT2D eigenvalue weighted by Crippen LogP contribution is -2.52. The maximum absolute atomic E-state index is 13.1. The molecule has 0 aromatic heterocycles. The summed E-state index contributed by atoms with van der Waals surface area (Å²) >= 11 is 0. The van der Waals surface area contributed by atoms with Crippen LogP contribution in [-0.2, 0) is 52.6 Å². The second-order valence-corrected chi connectivity index (χ2v) is 11.7. The van der Waals surface area contributed by atoms with Gasteiger partial charge in [-0.1, -0.05) is 121 Å². The van der Waals surface area contributed by atoms with Gasteiger partial charge >= 0.3 is 11.9 Å². The van der Waals surface area contributed by atoms with E-state index in [0.717, 1.165) is 34.4 Å². The Morgan fingerprint density at radius 1 is 0.562 bits per heavy atom. The van der Waals surface area contributed by atoms with E-state index in [9.17, 15) is 19.2 Å². The molecule has 0 saturated heterocycles. The standard InChI is InChI=1S/C38H40N4O6/c1-37(29-19-11-5-12-20-29,25-27-15-7-3-8-16-27)41-35(45)33(39)47-31(43)23-24-32(44)48-34(40)36(46)42-38(2,30-21-13-6-14-22-30)26-28-17-9-4-10-18-28/h3-24,33-34H,25-26,39-40H2,1-2H3,(H,41,45)(H,42,46)/b24-23+. The number of hydrogen-bond acceptors (Lipinski definition) is 8. The molecule has 2 amide bonds. The third-order valence-corrected chi connectivity index (χ3v) is 7.78. The van der Waals surface area contributed by atoms with Crippen molar-refractivity contribution in [1.29, 1.82) is 0 Å². The van der Waals surface area contributed by atoms with E-state index in [0.29, 0.717) is 12.8 Å². The molecule has 0 spiro atoms. The van der Waals surface area contributed by atoms with Gasteiger partial charge in [-0.3, -0.25) is 21.1 Å². The molecule has 10 nitrogen and oxygen atoms in total. The number of hydrogen-bond donors (Lipinski definition) is 4. The smallest absolute Gasteiger partial charge is 0.333 e. The zero-order valence-corrected chi connectivity index (χ0v) is 26.9. The molecular weight excluding hydrogens is 608 g/mol. The van der Waals surface area contributed by atoms with Crippen molar-refractivity contribution in [2.45, 2.75) is 50.2 Å². The first-order valence-corrected chi connectivity index (χ1v) is 15.4. The third kappa shape index (κ3) is 9.96. The van der Waals surface area contributed by atoms with Crippen molar-refractivity contribution < 1.29 is 28.7 Å². The van der Waals surface area contributed by atoms with Crippen LogP contribution in [-0.4, -0.2) is 36.2 Å². The van der Waals surface area contributed by atoms with Crippen molar-refractivity contribution in [1.82, 2.24) is 10.6 Å². The quantitative estimate of drug-likeness (QED) is 0.0913. The van der Waals surface area contributed by atoms with E-state index >= 15 is 0 Å². The van der Waals surface area contributed by atoms with Gasteiger partial charge in [0, 0.05) is 12.2 Å². The summed E-state index contributed by atoms with van der Waals surface area (Å²) < 4.78 is 10.1. The largest absolute Gasteiger partial charge is 0.434 e. The van der Waals surface area contributed by atoms with Gasteiger partial charge in [-0.2, -0.15) is 0 Å². The molecule has 0 bridgehead atoms. The fourth-order valence-electron chi connectivity index (χ4n) is 5.32. The van der Waals surface area contributed by atoms with Crippen LogP contribution in [0.1, 0.15) is 36.1 Å². The lowest BCUT2D eigenvalue weighted by atomic mass is 9.85. The highest BCUT2D eigenvalue weighted by Gasteiger charge is 2.33. The molecule has 0 fully saturated rings. The third-order valence-electron chi connectivity index (χ3n) is 7.78. The van der Waals surface area contributed by atoms with Crippen LogP contribution in [0.4, 0.5) is 0 Å². The van der Waals surface area contributed by atoms with Crippen LogP contribution in [0.15, 0.2) is 133 Å². The summed E-state index contributed by atoms with van der Waals surface area (Å²) in [6.07, 6.45) is -0.981. The van der Waals surface area contributed by atoms with Gasteiger partial charge in [0.2, 0.25) is 12.5 Å². The van der Waals surface area contributed by atoms with Gasteiger partial charge in [0.15, 0.2) is 0 Å². The Balaban J connectivity index is 1.33. The van der Waals surface area contributed by atoms with Crippen molar-refractivity contribution >= 4 is 23.8 Å². The Hall–Kier alpha value is -5.58. The highest BCUT2D eigenvalue weighted by molar-refractivity contribution is 5.94. The second-order valence-electron chi connectivity index (χ2n) is 11.7. The van der Waals surface area contributed by atoms with Gasteiger partial charge in [0.05, 0.1) is 11.1 Å². The minimum absolute atomic E-state index is 0.445. The SMILES string of the molecule is CC(Cc1ccccc1)(NC(=O)C(N)OC(=O)/C=C/C(=O)OC(N)C(=O)NC(C)(Cc1ccccc1)c1ccccc1)c1ccccc1. The second kappa shape index (κ2) is 16.3. The number of amides is 2. The Kier molecular flexibility index (Phi) is 12.0. The molecule has 0 aliphatic carbocycles. The number of benzene rings is 4. The number of carbonyl (C=O) groups is 4. The van der Waals surface area contributed by atoms with Crippen molar-refractivity contribution in [3.63, 3.8) is 0 Å². The summed E-state index contributed by atoms with van der Waals surface area (Å²) in [6, 6.07) is 37.9. The number of ether oxygens (including phenoxy) is 2. The van der Waals surface area contributed by atoms with Crippen LogP contribution in [0, 0.1) is 0 Å². The lowest BCUT2D eigenvalue weighted by molar-refractivity contribution is -0.153. The number of rotatable bonds is 14. The van der Waals surface area contributed by atoms with Gasteiger partial charge in [-0.15, -0.1) is 0 Å². The maximum Gasteiger partial charge on any atom is 0.333 e. The number of carbonyl (C=O) groups excluding carboxylic acids is 4. The molecule has 0 radical (unpaired) electrons. The maximum atomic E-state index is 13.1. The van der Waals surface area contributed by atoms with Crippen molar-refractivity contribution in [2.75, 3.05) is 0 Å². The van der Waals surface area contributed by atoms with E-state index in [1.165, 1.54) is 0 Å². The monoisotopic (exact) mass is 648 g/mol. The van der Waals surface area contributed by atoms with Crippen LogP contribution >= 0.6 is 0 Å². The highest BCUT2D eigenvalue weighted by atomic mass is 16.6. The summed E-state index contributed by atoms with van der Waals surface area (Å²) in [5, 5.41) is 5.79.